The minimum Gasteiger partial charge on any atom is -0.352 e. The second kappa shape index (κ2) is 6.73. The van der Waals surface area contributed by atoms with Crippen LogP contribution in [-0.2, 0) is 21.4 Å². The molecule has 1 saturated carbocycles. The summed E-state index contributed by atoms with van der Waals surface area (Å²) in [5.41, 5.74) is 1.84. The number of carbonyl (C=O) groups is 1. The van der Waals surface area contributed by atoms with Crippen molar-refractivity contribution in [2.24, 2.45) is 11.3 Å². The minimum atomic E-state index is -3.50. The van der Waals surface area contributed by atoms with Gasteiger partial charge in [0.2, 0.25) is 15.9 Å². The maximum Gasteiger partial charge on any atom is 0.243 e. The van der Waals surface area contributed by atoms with Gasteiger partial charge in [-0.15, -0.1) is 0 Å². The number of sulfonamides is 1. The van der Waals surface area contributed by atoms with Crippen LogP contribution in [0.2, 0.25) is 0 Å². The molecule has 1 aliphatic carbocycles. The summed E-state index contributed by atoms with van der Waals surface area (Å²) in [4.78, 5) is 16.8. The Morgan fingerprint density at radius 2 is 1.93 bits per heavy atom. The molecular weight excluding hydrogens is 362 g/mol. The van der Waals surface area contributed by atoms with Crippen LogP contribution in [0, 0.1) is 18.3 Å². The number of pyridine rings is 1. The first kappa shape index (κ1) is 18.1. The Morgan fingerprint density at radius 3 is 2.63 bits per heavy atom. The van der Waals surface area contributed by atoms with Crippen LogP contribution in [0.4, 0.5) is 0 Å². The van der Waals surface area contributed by atoms with E-state index in [-0.39, 0.29) is 17.2 Å². The standard InChI is InChI=1S/C20H23N3O3S/c1-15-2-4-17(5-3-15)27(25,26)23-11-8-20(14-23)12-18(20)19(24)22-13-16-6-9-21-10-7-16/h2-7,9-10,18H,8,11-14H2,1H3,(H,22,24). The number of carbonyl (C=O) groups excluding carboxylic acids is 1. The molecule has 2 aromatic rings. The topological polar surface area (TPSA) is 79.4 Å². The van der Waals surface area contributed by atoms with Gasteiger partial charge in [0.25, 0.3) is 0 Å². The summed E-state index contributed by atoms with van der Waals surface area (Å²) in [6, 6.07) is 10.7. The second-order valence-electron chi connectivity index (χ2n) is 7.59. The lowest BCUT2D eigenvalue weighted by molar-refractivity contribution is -0.123. The second-order valence-corrected chi connectivity index (χ2v) is 9.53. The fraction of sp³-hybridized carbons (Fsp3) is 0.400. The highest BCUT2D eigenvalue weighted by Gasteiger charge is 2.62. The number of nitrogens with zero attached hydrogens (tertiary/aromatic N) is 2. The van der Waals surface area contributed by atoms with Gasteiger partial charge in [-0.05, 0) is 55.0 Å². The van der Waals surface area contributed by atoms with Crippen LogP contribution in [0.1, 0.15) is 24.0 Å². The molecule has 1 aromatic heterocycles. The van der Waals surface area contributed by atoms with Crippen LogP contribution in [-0.4, -0.2) is 36.7 Å². The van der Waals surface area contributed by atoms with Gasteiger partial charge in [0.1, 0.15) is 0 Å². The van der Waals surface area contributed by atoms with Crippen molar-refractivity contribution >= 4 is 15.9 Å². The quantitative estimate of drug-likeness (QED) is 0.855. The zero-order valence-corrected chi connectivity index (χ0v) is 16.1. The summed E-state index contributed by atoms with van der Waals surface area (Å²) in [6.45, 7) is 3.31. The van der Waals surface area contributed by atoms with Gasteiger partial charge in [-0.25, -0.2) is 8.42 Å². The molecule has 27 heavy (non-hydrogen) atoms. The van der Waals surface area contributed by atoms with E-state index in [1.54, 1.807) is 24.5 Å². The Morgan fingerprint density at radius 1 is 1.22 bits per heavy atom. The predicted molar refractivity (Wildman–Crippen MR) is 101 cm³/mol. The summed E-state index contributed by atoms with van der Waals surface area (Å²) in [5, 5.41) is 2.97. The third-order valence-electron chi connectivity index (χ3n) is 5.73. The van der Waals surface area contributed by atoms with Crippen LogP contribution >= 0.6 is 0 Å². The largest absolute Gasteiger partial charge is 0.352 e. The van der Waals surface area contributed by atoms with Crippen molar-refractivity contribution in [2.75, 3.05) is 13.1 Å². The number of amides is 1. The van der Waals surface area contributed by atoms with E-state index in [9.17, 15) is 13.2 Å². The average molecular weight is 385 g/mol. The summed E-state index contributed by atoms with van der Waals surface area (Å²) < 4.78 is 27.3. The molecule has 4 rings (SSSR count). The minimum absolute atomic E-state index is 0.0152. The molecule has 2 fully saturated rings. The molecule has 1 N–H and O–H groups in total. The maximum absolute atomic E-state index is 12.9. The van der Waals surface area contributed by atoms with Crippen molar-refractivity contribution < 1.29 is 13.2 Å². The molecule has 2 unspecified atom stereocenters. The summed E-state index contributed by atoms with van der Waals surface area (Å²) in [5.74, 6) is -0.0843. The maximum atomic E-state index is 12.9. The van der Waals surface area contributed by atoms with E-state index < -0.39 is 10.0 Å². The van der Waals surface area contributed by atoms with Gasteiger partial charge in [-0.3, -0.25) is 9.78 Å². The highest BCUT2D eigenvalue weighted by molar-refractivity contribution is 7.89. The molecule has 142 valence electrons. The van der Waals surface area contributed by atoms with E-state index in [2.05, 4.69) is 10.3 Å². The Labute approximate surface area is 159 Å². The Balaban J connectivity index is 1.38. The van der Waals surface area contributed by atoms with Crippen molar-refractivity contribution in [3.8, 4) is 0 Å². The van der Waals surface area contributed by atoms with E-state index in [1.807, 2.05) is 31.2 Å². The third kappa shape index (κ3) is 3.49. The van der Waals surface area contributed by atoms with E-state index in [0.29, 0.717) is 24.5 Å². The predicted octanol–water partition coefficient (Wildman–Crippen LogP) is 2.11. The smallest absolute Gasteiger partial charge is 0.243 e. The van der Waals surface area contributed by atoms with E-state index in [1.165, 1.54) is 4.31 Å². The van der Waals surface area contributed by atoms with Crippen molar-refractivity contribution in [1.82, 2.24) is 14.6 Å². The zero-order valence-electron chi connectivity index (χ0n) is 15.3. The molecule has 1 aliphatic heterocycles. The fourth-order valence-electron chi connectivity index (χ4n) is 3.90. The first-order chi connectivity index (χ1) is 12.9. The summed E-state index contributed by atoms with van der Waals surface area (Å²) in [7, 11) is -3.50. The van der Waals surface area contributed by atoms with Gasteiger partial charge in [0.15, 0.2) is 0 Å². The number of rotatable bonds is 5. The molecule has 2 aliphatic rings. The molecule has 0 radical (unpaired) electrons. The molecule has 0 bridgehead atoms. The number of benzene rings is 1. The van der Waals surface area contributed by atoms with Crippen LogP contribution in [0.5, 0.6) is 0 Å². The van der Waals surface area contributed by atoms with Gasteiger partial charge in [0.05, 0.1) is 4.90 Å². The number of nitrogens with one attached hydrogen (secondary N) is 1. The molecule has 1 saturated heterocycles. The lowest BCUT2D eigenvalue weighted by Crippen LogP contribution is -2.31. The lowest BCUT2D eigenvalue weighted by atomic mass is 10.0. The van der Waals surface area contributed by atoms with Crippen LogP contribution in [0.3, 0.4) is 0 Å². The number of aromatic nitrogens is 1. The molecule has 1 spiro atoms. The SMILES string of the molecule is Cc1ccc(S(=O)(=O)N2CCC3(CC3C(=O)NCc3ccncc3)C2)cc1. The lowest BCUT2D eigenvalue weighted by Gasteiger charge is -2.17. The first-order valence-electron chi connectivity index (χ1n) is 9.14. The fourth-order valence-corrected chi connectivity index (χ4v) is 5.44. The number of hydrogen-bond acceptors (Lipinski definition) is 4. The van der Waals surface area contributed by atoms with Gasteiger partial charge in [-0.1, -0.05) is 17.7 Å². The van der Waals surface area contributed by atoms with Crippen molar-refractivity contribution in [3.05, 3.63) is 59.9 Å². The molecule has 1 aromatic carbocycles. The van der Waals surface area contributed by atoms with Gasteiger partial charge >= 0.3 is 0 Å². The van der Waals surface area contributed by atoms with Gasteiger partial charge in [-0.2, -0.15) is 4.31 Å². The molecule has 6 nitrogen and oxygen atoms in total. The third-order valence-corrected chi connectivity index (χ3v) is 7.59. The highest BCUT2D eigenvalue weighted by Crippen LogP contribution is 2.59. The normalized spacial score (nSPS) is 24.9. The molecule has 2 atom stereocenters. The monoisotopic (exact) mass is 385 g/mol. The Kier molecular flexibility index (Phi) is 4.52. The molecule has 7 heteroatoms. The van der Waals surface area contributed by atoms with Crippen molar-refractivity contribution in [2.45, 2.75) is 31.2 Å². The van der Waals surface area contributed by atoms with Crippen molar-refractivity contribution in [1.29, 1.82) is 0 Å². The van der Waals surface area contributed by atoms with Crippen LogP contribution < -0.4 is 5.32 Å². The van der Waals surface area contributed by atoms with E-state index >= 15 is 0 Å². The highest BCUT2D eigenvalue weighted by atomic mass is 32.2. The first-order valence-corrected chi connectivity index (χ1v) is 10.6. The summed E-state index contributed by atoms with van der Waals surface area (Å²) in [6.07, 6.45) is 4.90. The van der Waals surface area contributed by atoms with E-state index in [4.69, 9.17) is 0 Å². The van der Waals surface area contributed by atoms with Crippen LogP contribution in [0.15, 0.2) is 53.7 Å². The Hall–Kier alpha value is -2.25. The van der Waals surface area contributed by atoms with Crippen molar-refractivity contribution in [3.63, 3.8) is 0 Å². The molecule has 1 amide bonds. The van der Waals surface area contributed by atoms with Gasteiger partial charge < -0.3 is 5.32 Å². The summed E-state index contributed by atoms with van der Waals surface area (Å²) >= 11 is 0. The zero-order chi connectivity index (χ0) is 19.1. The number of hydrogen-bond donors (Lipinski definition) is 1. The molecular formula is C20H23N3O3S. The van der Waals surface area contributed by atoms with Gasteiger partial charge in [0, 0.05) is 37.9 Å². The molecule has 2 heterocycles. The Bertz CT molecular complexity index is 944. The van der Waals surface area contributed by atoms with Crippen LogP contribution in [0.25, 0.3) is 0 Å². The van der Waals surface area contributed by atoms with E-state index in [0.717, 1.165) is 24.0 Å². The number of aryl methyl sites for hydroxylation is 1. The average Bonchev–Trinajstić information content (AvgIpc) is 3.20.